The van der Waals surface area contributed by atoms with Gasteiger partial charge in [0.2, 0.25) is 15.9 Å². The molecule has 0 bridgehead atoms. The van der Waals surface area contributed by atoms with E-state index in [1.807, 2.05) is 0 Å². The quantitative estimate of drug-likeness (QED) is 0.525. The number of rotatable bonds is 5. The van der Waals surface area contributed by atoms with Crippen molar-refractivity contribution < 1.29 is 13.2 Å². The van der Waals surface area contributed by atoms with Crippen molar-refractivity contribution in [2.24, 2.45) is 0 Å². The van der Waals surface area contributed by atoms with Gasteiger partial charge in [-0.3, -0.25) is 4.79 Å². The van der Waals surface area contributed by atoms with Gasteiger partial charge in [0.25, 0.3) is 0 Å². The molecule has 0 heterocycles. The van der Waals surface area contributed by atoms with E-state index in [-0.39, 0.29) is 18.2 Å². The molecule has 0 rings (SSSR count). The summed E-state index contributed by atoms with van der Waals surface area (Å²) in [7, 11) is -1.90. The minimum atomic E-state index is -3.23. The van der Waals surface area contributed by atoms with Crippen molar-refractivity contribution >= 4 is 28.6 Å². The van der Waals surface area contributed by atoms with Gasteiger partial charge in [-0.05, 0) is 14.0 Å². The number of hydrogen-bond donors (Lipinski definition) is 3. The van der Waals surface area contributed by atoms with Crippen LogP contribution in [0.1, 0.15) is 6.92 Å². The number of hydrogen-bond acceptors (Lipinski definition) is 4. The minimum absolute atomic E-state index is 0.104. The van der Waals surface area contributed by atoms with E-state index in [0.717, 1.165) is 0 Å². The van der Waals surface area contributed by atoms with Crippen LogP contribution in [0.2, 0.25) is 0 Å². The molecule has 0 aliphatic carbocycles. The number of sulfonamides is 1. The van der Waals surface area contributed by atoms with Gasteiger partial charge >= 0.3 is 0 Å². The van der Waals surface area contributed by atoms with Gasteiger partial charge in [-0.2, -0.15) is 12.6 Å². The average molecular weight is 226 g/mol. The van der Waals surface area contributed by atoms with Gasteiger partial charge in [0.15, 0.2) is 0 Å². The second-order valence-electron chi connectivity index (χ2n) is 2.49. The molecule has 1 atom stereocenters. The van der Waals surface area contributed by atoms with E-state index in [0.29, 0.717) is 0 Å². The molecule has 0 aromatic carbocycles. The van der Waals surface area contributed by atoms with Crippen LogP contribution in [0.15, 0.2) is 0 Å². The van der Waals surface area contributed by atoms with Crippen LogP contribution in [-0.2, 0) is 14.8 Å². The minimum Gasteiger partial charge on any atom is -0.354 e. The van der Waals surface area contributed by atoms with Crippen LogP contribution in [0.4, 0.5) is 0 Å². The van der Waals surface area contributed by atoms with Gasteiger partial charge in [-0.15, -0.1) is 0 Å². The molecule has 7 heteroatoms. The number of nitrogens with one attached hydrogen (secondary N) is 2. The first kappa shape index (κ1) is 12.7. The van der Waals surface area contributed by atoms with Gasteiger partial charge < -0.3 is 5.32 Å². The van der Waals surface area contributed by atoms with E-state index >= 15 is 0 Å². The van der Waals surface area contributed by atoms with Gasteiger partial charge in [0.1, 0.15) is 0 Å². The Balaban J connectivity index is 3.76. The normalized spacial score (nSPS) is 13.8. The zero-order valence-corrected chi connectivity index (χ0v) is 9.28. The molecule has 0 fully saturated rings. The third-order valence-electron chi connectivity index (χ3n) is 1.36. The first-order valence-corrected chi connectivity index (χ1v) is 5.93. The fourth-order valence-corrected chi connectivity index (χ4v) is 1.22. The Morgan fingerprint density at radius 1 is 1.54 bits per heavy atom. The van der Waals surface area contributed by atoms with Crippen LogP contribution in [0, 0.1) is 0 Å². The highest BCUT2D eigenvalue weighted by atomic mass is 32.2. The molecule has 0 aromatic heterocycles. The molecule has 0 radical (unpaired) electrons. The van der Waals surface area contributed by atoms with Crippen molar-refractivity contribution in [1.29, 1.82) is 0 Å². The first-order valence-electron chi connectivity index (χ1n) is 3.76. The number of thiol groups is 1. The van der Waals surface area contributed by atoms with Crippen molar-refractivity contribution in [3.8, 4) is 0 Å². The third-order valence-corrected chi connectivity index (χ3v) is 2.96. The summed E-state index contributed by atoms with van der Waals surface area (Å²) in [5.74, 6) is -0.384. The summed E-state index contributed by atoms with van der Waals surface area (Å²) >= 11 is 3.88. The average Bonchev–Trinajstić information content (AvgIpc) is 2.04. The lowest BCUT2D eigenvalue weighted by Crippen LogP contribution is -2.35. The number of carbonyl (C=O) groups excluding carboxylic acids is 1. The Kier molecular flexibility index (Phi) is 5.34. The van der Waals surface area contributed by atoms with Gasteiger partial charge in [0, 0.05) is 6.54 Å². The number of carbonyl (C=O) groups is 1. The maximum atomic E-state index is 10.9. The summed E-state index contributed by atoms with van der Waals surface area (Å²) in [6.45, 7) is 1.72. The van der Waals surface area contributed by atoms with Gasteiger partial charge in [0.05, 0.1) is 11.0 Å². The zero-order chi connectivity index (χ0) is 10.5. The second kappa shape index (κ2) is 5.46. The lowest BCUT2D eigenvalue weighted by atomic mass is 10.4. The number of amides is 1. The summed E-state index contributed by atoms with van der Waals surface area (Å²) in [4.78, 5) is 10.9. The van der Waals surface area contributed by atoms with Crippen LogP contribution >= 0.6 is 12.6 Å². The van der Waals surface area contributed by atoms with Gasteiger partial charge in [-0.25, -0.2) is 13.1 Å². The Morgan fingerprint density at radius 3 is 2.46 bits per heavy atom. The molecule has 0 aliphatic rings. The topological polar surface area (TPSA) is 75.3 Å². The van der Waals surface area contributed by atoms with E-state index in [4.69, 9.17) is 0 Å². The molecule has 5 nitrogen and oxygen atoms in total. The van der Waals surface area contributed by atoms with Crippen LogP contribution in [-0.4, -0.2) is 38.9 Å². The lowest BCUT2D eigenvalue weighted by Gasteiger charge is -2.06. The molecule has 0 saturated heterocycles. The van der Waals surface area contributed by atoms with Crippen molar-refractivity contribution in [3.05, 3.63) is 0 Å². The van der Waals surface area contributed by atoms with Crippen molar-refractivity contribution in [2.45, 2.75) is 12.2 Å². The first-order chi connectivity index (χ1) is 5.89. The fraction of sp³-hybridized carbons (Fsp3) is 0.833. The van der Waals surface area contributed by atoms with Crippen LogP contribution in [0.25, 0.3) is 0 Å². The van der Waals surface area contributed by atoms with E-state index in [9.17, 15) is 13.2 Å². The molecular formula is C6H14N2O3S2. The molecule has 78 valence electrons. The second-order valence-corrected chi connectivity index (χ2v) is 5.31. The Bertz CT molecular complexity index is 261. The summed E-state index contributed by atoms with van der Waals surface area (Å²) < 4.78 is 23.9. The zero-order valence-electron chi connectivity index (χ0n) is 7.57. The fourth-order valence-electron chi connectivity index (χ4n) is 0.558. The molecule has 2 N–H and O–H groups in total. The van der Waals surface area contributed by atoms with E-state index in [1.54, 1.807) is 6.92 Å². The monoisotopic (exact) mass is 226 g/mol. The molecule has 0 aromatic rings. The standard InChI is InChI=1S/C6H14N2O3S2/c1-5(12)6(9)8-3-4-13(10,11)7-2/h5,7,12H,3-4H2,1-2H3,(H,8,9). The maximum Gasteiger partial charge on any atom is 0.232 e. The molecule has 1 amide bonds. The van der Waals surface area contributed by atoms with E-state index in [2.05, 4.69) is 22.7 Å². The van der Waals surface area contributed by atoms with Crippen molar-refractivity contribution in [1.82, 2.24) is 10.0 Å². The van der Waals surface area contributed by atoms with Crippen LogP contribution in [0.3, 0.4) is 0 Å². The SMILES string of the molecule is CNS(=O)(=O)CCNC(=O)C(C)S. The Labute approximate surface area is 83.7 Å². The highest BCUT2D eigenvalue weighted by Gasteiger charge is 2.10. The highest BCUT2D eigenvalue weighted by molar-refractivity contribution is 7.89. The predicted molar refractivity (Wildman–Crippen MR) is 54.3 cm³/mol. The molecule has 1 unspecified atom stereocenters. The summed E-state index contributed by atoms with van der Waals surface area (Å²) in [5, 5.41) is 2.02. The third kappa shape index (κ3) is 5.89. The maximum absolute atomic E-state index is 10.9. The Morgan fingerprint density at radius 2 is 2.08 bits per heavy atom. The molecular weight excluding hydrogens is 212 g/mol. The van der Waals surface area contributed by atoms with E-state index < -0.39 is 15.3 Å². The van der Waals surface area contributed by atoms with Crippen molar-refractivity contribution in [3.63, 3.8) is 0 Å². The predicted octanol–water partition coefficient (Wildman–Crippen LogP) is -1.03. The molecule has 0 aliphatic heterocycles. The van der Waals surface area contributed by atoms with Crippen LogP contribution < -0.4 is 10.0 Å². The largest absolute Gasteiger partial charge is 0.354 e. The molecule has 0 spiro atoms. The molecule has 13 heavy (non-hydrogen) atoms. The smallest absolute Gasteiger partial charge is 0.232 e. The van der Waals surface area contributed by atoms with E-state index in [1.165, 1.54) is 7.05 Å². The van der Waals surface area contributed by atoms with Gasteiger partial charge in [-0.1, -0.05) is 0 Å². The summed E-state index contributed by atoms with van der Waals surface area (Å²) in [6, 6.07) is 0. The lowest BCUT2D eigenvalue weighted by molar-refractivity contribution is -0.120. The summed E-state index contributed by atoms with van der Waals surface area (Å²) in [5.41, 5.74) is 0. The molecule has 0 saturated carbocycles. The summed E-state index contributed by atoms with van der Waals surface area (Å²) in [6.07, 6.45) is 0. The van der Waals surface area contributed by atoms with Crippen LogP contribution in [0.5, 0.6) is 0 Å². The Hall–Kier alpha value is -0.270. The highest BCUT2D eigenvalue weighted by Crippen LogP contribution is 1.90. The van der Waals surface area contributed by atoms with Crippen molar-refractivity contribution in [2.75, 3.05) is 19.3 Å².